The molecule has 0 fully saturated rings. The lowest BCUT2D eigenvalue weighted by Gasteiger charge is -2.06. The Balaban J connectivity index is 2.34. The van der Waals surface area contributed by atoms with Crippen LogP contribution >= 0.6 is 11.6 Å². The highest BCUT2D eigenvalue weighted by molar-refractivity contribution is 6.29. The number of hydrogen-bond donors (Lipinski definition) is 1. The van der Waals surface area contributed by atoms with E-state index in [9.17, 15) is 14.0 Å². The number of benzene rings is 1. The third-order valence-electron chi connectivity index (χ3n) is 2.85. The van der Waals surface area contributed by atoms with E-state index in [2.05, 4.69) is 9.97 Å². The zero-order valence-corrected chi connectivity index (χ0v) is 10.7. The molecule has 0 aliphatic heterocycles. The van der Waals surface area contributed by atoms with Crippen molar-refractivity contribution >= 4 is 22.5 Å². The second-order valence-electron chi connectivity index (χ2n) is 4.08. The fourth-order valence-electron chi connectivity index (χ4n) is 1.93. The van der Waals surface area contributed by atoms with E-state index in [0.717, 1.165) is 5.39 Å². The van der Waals surface area contributed by atoms with Crippen LogP contribution in [0.3, 0.4) is 0 Å². The molecular formula is C13H7ClFN3O2. The van der Waals surface area contributed by atoms with Crippen LogP contribution in [0, 0.1) is 5.82 Å². The molecule has 3 aromatic rings. The molecule has 5 nitrogen and oxygen atoms in total. The standard InChI is InChI=1S/C13H7ClFN3O2/c14-11-10(15)12(19)18(13(20)17-11)8-3-4-9-7(6-8)2-1-5-16-9/h1-6H,(H,17,20). The Morgan fingerprint density at radius 2 is 2.05 bits per heavy atom. The number of fused-ring (bicyclic) bond motifs is 1. The van der Waals surface area contributed by atoms with Gasteiger partial charge in [0.05, 0.1) is 11.2 Å². The van der Waals surface area contributed by atoms with Gasteiger partial charge in [-0.3, -0.25) is 14.8 Å². The summed E-state index contributed by atoms with van der Waals surface area (Å²) in [4.78, 5) is 29.8. The molecule has 0 radical (unpaired) electrons. The molecule has 0 amide bonds. The molecule has 100 valence electrons. The topological polar surface area (TPSA) is 67.8 Å². The quantitative estimate of drug-likeness (QED) is 0.696. The number of nitrogens with one attached hydrogen (secondary N) is 1. The number of H-pyrrole nitrogens is 1. The number of halogens is 2. The smallest absolute Gasteiger partial charge is 0.295 e. The lowest BCUT2D eigenvalue weighted by Crippen LogP contribution is -2.35. The third-order valence-corrected chi connectivity index (χ3v) is 3.11. The molecule has 0 atom stereocenters. The van der Waals surface area contributed by atoms with Crippen molar-refractivity contribution in [3.05, 3.63) is 68.3 Å². The van der Waals surface area contributed by atoms with Crippen molar-refractivity contribution in [3.8, 4) is 5.69 Å². The normalized spacial score (nSPS) is 10.9. The summed E-state index contributed by atoms with van der Waals surface area (Å²) < 4.78 is 14.2. The largest absolute Gasteiger partial charge is 0.334 e. The molecular weight excluding hydrogens is 285 g/mol. The molecule has 2 heterocycles. The molecule has 0 unspecified atom stereocenters. The first-order chi connectivity index (χ1) is 9.58. The van der Waals surface area contributed by atoms with Crippen molar-refractivity contribution in [1.82, 2.24) is 14.5 Å². The van der Waals surface area contributed by atoms with Crippen LogP contribution in [-0.2, 0) is 0 Å². The Morgan fingerprint density at radius 1 is 1.25 bits per heavy atom. The number of rotatable bonds is 1. The fraction of sp³-hybridized carbons (Fsp3) is 0. The second kappa shape index (κ2) is 4.57. The molecule has 1 aromatic carbocycles. The minimum Gasteiger partial charge on any atom is -0.295 e. The maximum Gasteiger partial charge on any atom is 0.334 e. The highest BCUT2D eigenvalue weighted by Gasteiger charge is 2.13. The first-order valence-electron chi connectivity index (χ1n) is 5.63. The maximum atomic E-state index is 13.5. The number of pyridine rings is 1. The summed E-state index contributed by atoms with van der Waals surface area (Å²) in [6.07, 6.45) is 1.63. The van der Waals surface area contributed by atoms with Crippen molar-refractivity contribution in [3.63, 3.8) is 0 Å². The van der Waals surface area contributed by atoms with Gasteiger partial charge >= 0.3 is 5.69 Å². The summed E-state index contributed by atoms with van der Waals surface area (Å²) in [6.45, 7) is 0. The average Bonchev–Trinajstić information content (AvgIpc) is 2.45. The van der Waals surface area contributed by atoms with Crippen LogP contribution in [0.5, 0.6) is 0 Å². The van der Waals surface area contributed by atoms with Crippen molar-refractivity contribution < 1.29 is 4.39 Å². The van der Waals surface area contributed by atoms with Crippen molar-refractivity contribution in [2.24, 2.45) is 0 Å². The lowest BCUT2D eigenvalue weighted by molar-refractivity contribution is 0.584. The minimum absolute atomic E-state index is 0.243. The predicted molar refractivity (Wildman–Crippen MR) is 72.9 cm³/mol. The zero-order chi connectivity index (χ0) is 14.3. The Bertz CT molecular complexity index is 933. The summed E-state index contributed by atoms with van der Waals surface area (Å²) in [5.41, 5.74) is -0.950. The Hall–Kier alpha value is -2.47. The van der Waals surface area contributed by atoms with E-state index in [-0.39, 0.29) is 5.69 Å². The van der Waals surface area contributed by atoms with E-state index < -0.39 is 22.2 Å². The molecule has 0 saturated heterocycles. The van der Waals surface area contributed by atoms with Gasteiger partial charge in [0.25, 0.3) is 5.56 Å². The molecule has 0 bridgehead atoms. The summed E-state index contributed by atoms with van der Waals surface area (Å²) in [5.74, 6) is -1.20. The van der Waals surface area contributed by atoms with E-state index in [4.69, 9.17) is 11.6 Å². The van der Waals surface area contributed by atoms with Crippen LogP contribution in [0.1, 0.15) is 0 Å². The molecule has 0 aliphatic rings. The Morgan fingerprint density at radius 3 is 2.85 bits per heavy atom. The monoisotopic (exact) mass is 291 g/mol. The number of aromatic nitrogens is 3. The molecule has 0 spiro atoms. The molecule has 7 heteroatoms. The summed E-state index contributed by atoms with van der Waals surface area (Å²) in [7, 11) is 0. The SMILES string of the molecule is O=c1[nH]c(Cl)c(F)c(=O)n1-c1ccc2ncccc2c1. The summed E-state index contributed by atoms with van der Waals surface area (Å²) in [6, 6.07) is 8.23. The average molecular weight is 292 g/mol. The van der Waals surface area contributed by atoms with Crippen LogP contribution < -0.4 is 11.2 Å². The van der Waals surface area contributed by atoms with E-state index in [1.54, 1.807) is 30.5 Å². The molecule has 0 saturated carbocycles. The molecule has 2 aromatic heterocycles. The van der Waals surface area contributed by atoms with Gasteiger partial charge in [-0.05, 0) is 24.3 Å². The van der Waals surface area contributed by atoms with Gasteiger partial charge in [-0.1, -0.05) is 17.7 Å². The van der Waals surface area contributed by atoms with Crippen LogP contribution in [-0.4, -0.2) is 14.5 Å². The van der Waals surface area contributed by atoms with E-state index >= 15 is 0 Å². The Kier molecular flexibility index (Phi) is 2.87. The van der Waals surface area contributed by atoms with Gasteiger partial charge in [0.1, 0.15) is 0 Å². The van der Waals surface area contributed by atoms with Crippen LogP contribution in [0.4, 0.5) is 4.39 Å². The first kappa shape index (κ1) is 12.6. The Labute approximate surface area is 116 Å². The summed E-state index contributed by atoms with van der Waals surface area (Å²) >= 11 is 5.42. The van der Waals surface area contributed by atoms with Crippen LogP contribution in [0.25, 0.3) is 16.6 Å². The highest BCUT2D eigenvalue weighted by Crippen LogP contribution is 2.15. The minimum atomic E-state index is -1.20. The van der Waals surface area contributed by atoms with Gasteiger partial charge in [0.2, 0.25) is 5.82 Å². The van der Waals surface area contributed by atoms with Gasteiger partial charge in [-0.15, -0.1) is 0 Å². The van der Waals surface area contributed by atoms with Crippen molar-refractivity contribution in [2.75, 3.05) is 0 Å². The predicted octanol–water partition coefficient (Wildman–Crippen LogP) is 1.87. The number of aromatic amines is 1. The summed E-state index contributed by atoms with van der Waals surface area (Å²) in [5, 5.41) is 0.130. The molecule has 0 aliphatic carbocycles. The number of hydrogen-bond acceptors (Lipinski definition) is 3. The zero-order valence-electron chi connectivity index (χ0n) is 9.93. The van der Waals surface area contributed by atoms with Gasteiger partial charge in [-0.25, -0.2) is 9.36 Å². The molecule has 20 heavy (non-hydrogen) atoms. The third kappa shape index (κ3) is 1.90. The molecule has 3 rings (SSSR count). The number of nitrogens with zero attached hydrogens (tertiary/aromatic N) is 2. The fourth-order valence-corrected chi connectivity index (χ4v) is 2.09. The van der Waals surface area contributed by atoms with Gasteiger partial charge in [0, 0.05) is 11.6 Å². The van der Waals surface area contributed by atoms with Gasteiger partial charge in [0.15, 0.2) is 5.15 Å². The molecule has 1 N–H and O–H groups in total. The second-order valence-corrected chi connectivity index (χ2v) is 4.46. The van der Waals surface area contributed by atoms with Gasteiger partial charge in [-0.2, -0.15) is 4.39 Å². The van der Waals surface area contributed by atoms with E-state index in [0.29, 0.717) is 10.1 Å². The van der Waals surface area contributed by atoms with Crippen LogP contribution in [0.2, 0.25) is 5.15 Å². The lowest BCUT2D eigenvalue weighted by atomic mass is 10.2. The van der Waals surface area contributed by atoms with Crippen LogP contribution in [0.15, 0.2) is 46.1 Å². The van der Waals surface area contributed by atoms with Crippen molar-refractivity contribution in [1.29, 1.82) is 0 Å². The highest BCUT2D eigenvalue weighted by atomic mass is 35.5. The maximum absolute atomic E-state index is 13.5. The first-order valence-corrected chi connectivity index (χ1v) is 6.01. The van der Waals surface area contributed by atoms with Crippen molar-refractivity contribution in [2.45, 2.75) is 0 Å². The van der Waals surface area contributed by atoms with E-state index in [1.807, 2.05) is 0 Å². The van der Waals surface area contributed by atoms with Gasteiger partial charge < -0.3 is 0 Å². The van der Waals surface area contributed by atoms with E-state index in [1.165, 1.54) is 6.07 Å².